The maximum atomic E-state index is 13.0. The van der Waals surface area contributed by atoms with E-state index in [4.69, 9.17) is 4.74 Å². The van der Waals surface area contributed by atoms with Crippen molar-refractivity contribution in [2.75, 3.05) is 14.2 Å². The lowest BCUT2D eigenvalue weighted by Gasteiger charge is -2.17. The van der Waals surface area contributed by atoms with Crippen molar-refractivity contribution < 1.29 is 14.3 Å². The molecule has 0 saturated carbocycles. The number of aryl methyl sites for hydroxylation is 3. The number of esters is 1. The number of aromatic nitrogens is 2. The van der Waals surface area contributed by atoms with Gasteiger partial charge < -0.3 is 9.64 Å². The van der Waals surface area contributed by atoms with E-state index in [1.165, 1.54) is 18.4 Å². The number of benzene rings is 1. The number of hydrogen-bond acceptors (Lipinski definition) is 6. The van der Waals surface area contributed by atoms with Crippen LogP contribution in [0, 0.1) is 13.8 Å². The Hall–Kier alpha value is -2.80. The van der Waals surface area contributed by atoms with Crippen LogP contribution in [-0.4, -0.2) is 40.9 Å². The Morgan fingerprint density at radius 1 is 1.14 bits per heavy atom. The summed E-state index contributed by atoms with van der Waals surface area (Å²) in [5, 5.41) is 0.974. The molecule has 0 aliphatic rings. The first-order valence-electron chi connectivity index (χ1n) is 9.05. The van der Waals surface area contributed by atoms with Gasteiger partial charge in [0.15, 0.2) is 0 Å². The van der Waals surface area contributed by atoms with Crippen molar-refractivity contribution in [2.45, 2.75) is 33.7 Å². The standard InChI is InChI=1S/C21H23N3O3S/c1-6-16-22-13(3)17-12(2)18(28-19(17)23-16)20(25)24(4)11-14-7-9-15(10-8-14)21(26)27-5/h7-10H,6,11H2,1-5H3. The van der Waals surface area contributed by atoms with Gasteiger partial charge in [-0.15, -0.1) is 11.3 Å². The van der Waals surface area contributed by atoms with E-state index in [-0.39, 0.29) is 11.9 Å². The molecule has 0 aliphatic heterocycles. The minimum absolute atomic E-state index is 0.0463. The maximum Gasteiger partial charge on any atom is 0.337 e. The van der Waals surface area contributed by atoms with Gasteiger partial charge in [-0.2, -0.15) is 0 Å². The van der Waals surface area contributed by atoms with Crippen LogP contribution in [0.3, 0.4) is 0 Å². The summed E-state index contributed by atoms with van der Waals surface area (Å²) >= 11 is 1.42. The highest BCUT2D eigenvalue weighted by Gasteiger charge is 2.21. The first-order valence-corrected chi connectivity index (χ1v) is 9.86. The number of hydrogen-bond donors (Lipinski definition) is 0. The van der Waals surface area contributed by atoms with Crippen LogP contribution in [0.2, 0.25) is 0 Å². The van der Waals surface area contributed by atoms with E-state index in [1.54, 1.807) is 24.1 Å². The quantitative estimate of drug-likeness (QED) is 0.610. The molecule has 1 amide bonds. The number of carbonyl (C=O) groups excluding carboxylic acids is 2. The Balaban J connectivity index is 1.84. The molecular formula is C21H23N3O3S. The summed E-state index contributed by atoms with van der Waals surface area (Å²) in [5.41, 5.74) is 3.27. The van der Waals surface area contributed by atoms with E-state index in [2.05, 4.69) is 9.97 Å². The fraction of sp³-hybridized carbons (Fsp3) is 0.333. The monoisotopic (exact) mass is 397 g/mol. The molecule has 3 aromatic rings. The van der Waals surface area contributed by atoms with Crippen LogP contribution in [0.1, 0.15) is 49.6 Å². The lowest BCUT2D eigenvalue weighted by atomic mass is 10.1. The second-order valence-corrected chi connectivity index (χ2v) is 7.66. The van der Waals surface area contributed by atoms with E-state index in [9.17, 15) is 9.59 Å². The van der Waals surface area contributed by atoms with Crippen LogP contribution in [0.15, 0.2) is 24.3 Å². The van der Waals surface area contributed by atoms with E-state index in [0.717, 1.165) is 39.3 Å². The molecule has 1 aromatic carbocycles. The van der Waals surface area contributed by atoms with Gasteiger partial charge in [-0.05, 0) is 37.1 Å². The lowest BCUT2D eigenvalue weighted by Crippen LogP contribution is -2.26. The molecule has 28 heavy (non-hydrogen) atoms. The third-order valence-electron chi connectivity index (χ3n) is 4.67. The first kappa shape index (κ1) is 19.9. The number of ether oxygens (including phenoxy) is 1. The smallest absolute Gasteiger partial charge is 0.337 e. The first-order chi connectivity index (χ1) is 13.3. The third kappa shape index (κ3) is 3.75. The normalized spacial score (nSPS) is 10.9. The highest BCUT2D eigenvalue weighted by Crippen LogP contribution is 2.32. The van der Waals surface area contributed by atoms with E-state index in [1.807, 2.05) is 32.9 Å². The Bertz CT molecular complexity index is 1040. The molecule has 2 heterocycles. The molecule has 0 N–H and O–H groups in total. The predicted octanol–water partition coefficient (Wildman–Crippen LogP) is 3.93. The van der Waals surface area contributed by atoms with E-state index < -0.39 is 0 Å². The summed E-state index contributed by atoms with van der Waals surface area (Å²) in [7, 11) is 3.13. The highest BCUT2D eigenvalue weighted by atomic mass is 32.1. The average Bonchev–Trinajstić information content (AvgIpc) is 3.03. The van der Waals surface area contributed by atoms with Crippen LogP contribution in [-0.2, 0) is 17.7 Å². The topological polar surface area (TPSA) is 72.4 Å². The number of thiophene rings is 1. The van der Waals surface area contributed by atoms with E-state index >= 15 is 0 Å². The lowest BCUT2D eigenvalue weighted by molar-refractivity contribution is 0.0600. The minimum Gasteiger partial charge on any atom is -0.465 e. The number of nitrogens with zero attached hydrogens (tertiary/aromatic N) is 3. The molecule has 0 fully saturated rings. The Morgan fingerprint density at radius 2 is 1.82 bits per heavy atom. The fourth-order valence-corrected chi connectivity index (χ4v) is 4.39. The maximum absolute atomic E-state index is 13.0. The van der Waals surface area contributed by atoms with Crippen molar-refractivity contribution in [1.29, 1.82) is 0 Å². The van der Waals surface area contributed by atoms with Crippen molar-refractivity contribution >= 4 is 33.4 Å². The number of fused-ring (bicyclic) bond motifs is 1. The molecule has 0 saturated heterocycles. The molecule has 2 aromatic heterocycles. The molecule has 6 nitrogen and oxygen atoms in total. The number of carbonyl (C=O) groups is 2. The van der Waals surface area contributed by atoms with Gasteiger partial charge in [0, 0.05) is 31.1 Å². The van der Waals surface area contributed by atoms with Gasteiger partial charge in [0.25, 0.3) is 5.91 Å². The van der Waals surface area contributed by atoms with Gasteiger partial charge in [-0.1, -0.05) is 19.1 Å². The molecule has 0 unspecified atom stereocenters. The minimum atomic E-state index is -0.375. The molecule has 0 atom stereocenters. The molecule has 0 bridgehead atoms. The SMILES string of the molecule is CCc1nc(C)c2c(C)c(C(=O)N(C)Cc3ccc(C(=O)OC)cc3)sc2n1. The average molecular weight is 398 g/mol. The van der Waals surface area contributed by atoms with Crippen molar-refractivity contribution in [2.24, 2.45) is 0 Å². The zero-order valence-electron chi connectivity index (χ0n) is 16.7. The molecule has 0 radical (unpaired) electrons. The van der Waals surface area contributed by atoms with Crippen molar-refractivity contribution in [1.82, 2.24) is 14.9 Å². The molecule has 3 rings (SSSR count). The second-order valence-electron chi connectivity index (χ2n) is 6.66. The van der Waals surface area contributed by atoms with E-state index in [0.29, 0.717) is 17.0 Å². The summed E-state index contributed by atoms with van der Waals surface area (Å²) in [6.07, 6.45) is 0.762. The molecular weight excluding hydrogens is 374 g/mol. The van der Waals surface area contributed by atoms with Crippen molar-refractivity contribution in [3.63, 3.8) is 0 Å². The molecule has 0 aliphatic carbocycles. The van der Waals surface area contributed by atoms with Gasteiger partial charge in [0.2, 0.25) is 0 Å². The number of methoxy groups -OCH3 is 1. The van der Waals surface area contributed by atoms with Crippen LogP contribution >= 0.6 is 11.3 Å². The number of rotatable bonds is 5. The summed E-state index contributed by atoms with van der Waals surface area (Å²) in [6, 6.07) is 7.07. The largest absolute Gasteiger partial charge is 0.465 e. The zero-order valence-corrected chi connectivity index (χ0v) is 17.5. The zero-order chi connectivity index (χ0) is 20.4. The second kappa shape index (κ2) is 8.06. The van der Waals surface area contributed by atoms with Gasteiger partial charge >= 0.3 is 5.97 Å². The fourth-order valence-electron chi connectivity index (χ4n) is 3.14. The van der Waals surface area contributed by atoms with Crippen LogP contribution in [0.5, 0.6) is 0 Å². The predicted molar refractivity (Wildman–Crippen MR) is 110 cm³/mol. The van der Waals surface area contributed by atoms with Crippen molar-refractivity contribution in [3.05, 3.63) is 57.4 Å². The summed E-state index contributed by atoms with van der Waals surface area (Å²) < 4.78 is 4.71. The summed E-state index contributed by atoms with van der Waals surface area (Å²) in [6.45, 7) is 6.38. The van der Waals surface area contributed by atoms with Gasteiger partial charge in [-0.25, -0.2) is 14.8 Å². The molecule has 0 spiro atoms. The Morgan fingerprint density at radius 3 is 2.43 bits per heavy atom. The van der Waals surface area contributed by atoms with Gasteiger partial charge in [-0.3, -0.25) is 4.79 Å². The van der Waals surface area contributed by atoms with Crippen LogP contribution < -0.4 is 0 Å². The van der Waals surface area contributed by atoms with Gasteiger partial charge in [0.05, 0.1) is 17.6 Å². The number of amides is 1. The molecule has 146 valence electrons. The van der Waals surface area contributed by atoms with Crippen LogP contribution in [0.4, 0.5) is 0 Å². The third-order valence-corrected chi connectivity index (χ3v) is 5.84. The Kier molecular flexibility index (Phi) is 5.74. The summed E-state index contributed by atoms with van der Waals surface area (Å²) in [5.74, 6) is 0.374. The highest BCUT2D eigenvalue weighted by molar-refractivity contribution is 7.20. The summed E-state index contributed by atoms with van der Waals surface area (Å²) in [4.78, 5) is 36.9. The van der Waals surface area contributed by atoms with Crippen molar-refractivity contribution in [3.8, 4) is 0 Å². The molecule has 7 heteroatoms. The van der Waals surface area contributed by atoms with Gasteiger partial charge in [0.1, 0.15) is 10.7 Å². The van der Waals surface area contributed by atoms with Crippen LogP contribution in [0.25, 0.3) is 10.2 Å². The Labute approximate surface area is 168 Å².